The van der Waals surface area contributed by atoms with Crippen molar-refractivity contribution in [1.29, 1.82) is 0 Å². The summed E-state index contributed by atoms with van der Waals surface area (Å²) < 4.78 is 15.5. The standard InChI is InChI=1S/C16H19N3O6/c1-9(20)13-16(2,17)19(15(22)25-13)10-4-5-11-12(8-10)24-7-6-18(11)14(21)23-3/h4-5,8,13H,6-7,17H2,1-3H3/t13-,16-/m0/s1. The molecule has 0 aromatic heterocycles. The maximum Gasteiger partial charge on any atom is 0.416 e. The van der Waals surface area contributed by atoms with Crippen molar-refractivity contribution in [3.05, 3.63) is 18.2 Å². The van der Waals surface area contributed by atoms with Crippen LogP contribution in [0.3, 0.4) is 0 Å². The van der Waals surface area contributed by atoms with Gasteiger partial charge in [0, 0.05) is 6.07 Å². The third kappa shape index (κ3) is 2.66. The van der Waals surface area contributed by atoms with Crippen LogP contribution in [0.4, 0.5) is 21.0 Å². The van der Waals surface area contributed by atoms with Crippen LogP contribution in [0.25, 0.3) is 0 Å². The highest BCUT2D eigenvalue weighted by atomic mass is 16.6. The van der Waals surface area contributed by atoms with Crippen LogP contribution in [0.1, 0.15) is 13.8 Å². The van der Waals surface area contributed by atoms with Crippen LogP contribution in [0, 0.1) is 0 Å². The van der Waals surface area contributed by atoms with Crippen LogP contribution in [0.5, 0.6) is 5.75 Å². The number of hydrogen-bond donors (Lipinski definition) is 1. The number of ether oxygens (including phenoxy) is 3. The van der Waals surface area contributed by atoms with Gasteiger partial charge in [0.2, 0.25) is 0 Å². The number of benzene rings is 1. The molecule has 2 atom stereocenters. The SMILES string of the molecule is COC(=O)N1CCOc2cc(N3C(=O)O[C@@H](C(C)=O)[C@@]3(C)N)ccc21. The van der Waals surface area contributed by atoms with Gasteiger partial charge in [-0.25, -0.2) is 9.59 Å². The number of ketones is 1. The highest BCUT2D eigenvalue weighted by Crippen LogP contribution is 2.39. The van der Waals surface area contributed by atoms with Crippen LogP contribution >= 0.6 is 0 Å². The number of carbonyl (C=O) groups excluding carboxylic acids is 3. The van der Waals surface area contributed by atoms with E-state index in [1.54, 1.807) is 25.1 Å². The molecule has 0 saturated carbocycles. The van der Waals surface area contributed by atoms with Gasteiger partial charge < -0.3 is 19.9 Å². The van der Waals surface area contributed by atoms with E-state index in [-0.39, 0.29) is 12.4 Å². The van der Waals surface area contributed by atoms with E-state index >= 15 is 0 Å². The van der Waals surface area contributed by atoms with Gasteiger partial charge in [0.1, 0.15) is 18.0 Å². The average molecular weight is 349 g/mol. The number of rotatable bonds is 2. The third-order valence-corrected chi connectivity index (χ3v) is 4.24. The maximum absolute atomic E-state index is 12.2. The number of fused-ring (bicyclic) bond motifs is 1. The van der Waals surface area contributed by atoms with Crippen LogP contribution < -0.4 is 20.3 Å². The summed E-state index contributed by atoms with van der Waals surface area (Å²) in [5.41, 5.74) is 5.79. The van der Waals surface area contributed by atoms with Crippen molar-refractivity contribution in [3.8, 4) is 5.75 Å². The Kier molecular flexibility index (Phi) is 4.03. The van der Waals surface area contributed by atoms with Crippen molar-refractivity contribution < 1.29 is 28.6 Å². The second-order valence-corrected chi connectivity index (χ2v) is 6.06. The number of nitrogens with two attached hydrogens (primary N) is 1. The zero-order valence-corrected chi connectivity index (χ0v) is 14.1. The van der Waals surface area contributed by atoms with Crippen molar-refractivity contribution in [2.75, 3.05) is 30.1 Å². The molecule has 1 aromatic rings. The summed E-state index contributed by atoms with van der Waals surface area (Å²) in [4.78, 5) is 38.4. The smallest absolute Gasteiger partial charge is 0.416 e. The Morgan fingerprint density at radius 1 is 1.40 bits per heavy atom. The first kappa shape index (κ1) is 17.0. The molecule has 134 valence electrons. The number of amides is 2. The predicted molar refractivity (Wildman–Crippen MR) is 87.7 cm³/mol. The van der Waals surface area contributed by atoms with Gasteiger partial charge in [-0.1, -0.05) is 0 Å². The minimum atomic E-state index is -1.34. The maximum atomic E-state index is 12.2. The molecule has 9 nitrogen and oxygen atoms in total. The van der Waals surface area contributed by atoms with Crippen molar-refractivity contribution >= 4 is 29.3 Å². The lowest BCUT2D eigenvalue weighted by Crippen LogP contribution is -2.58. The largest absolute Gasteiger partial charge is 0.489 e. The molecule has 0 aliphatic carbocycles. The normalized spacial score (nSPS) is 25.1. The highest BCUT2D eigenvalue weighted by Gasteiger charge is 2.52. The van der Waals surface area contributed by atoms with Crippen molar-refractivity contribution in [2.45, 2.75) is 25.6 Å². The van der Waals surface area contributed by atoms with Crippen LogP contribution in [-0.4, -0.2) is 50.0 Å². The number of cyclic esters (lactones) is 1. The minimum absolute atomic E-state index is 0.284. The lowest BCUT2D eigenvalue weighted by molar-refractivity contribution is -0.125. The monoisotopic (exact) mass is 349 g/mol. The van der Waals surface area contributed by atoms with Crippen LogP contribution in [-0.2, 0) is 14.3 Å². The lowest BCUT2D eigenvalue weighted by Gasteiger charge is -2.33. The van der Waals surface area contributed by atoms with Gasteiger partial charge in [0.15, 0.2) is 11.9 Å². The molecule has 1 saturated heterocycles. The quantitative estimate of drug-likeness (QED) is 0.855. The molecule has 25 heavy (non-hydrogen) atoms. The fraction of sp³-hybridized carbons (Fsp3) is 0.438. The Bertz CT molecular complexity index is 747. The van der Waals surface area contributed by atoms with Crippen molar-refractivity contribution in [2.24, 2.45) is 5.73 Å². The highest BCUT2D eigenvalue weighted by molar-refractivity contribution is 5.99. The molecular weight excluding hydrogens is 330 g/mol. The van der Waals surface area contributed by atoms with Gasteiger partial charge in [0.25, 0.3) is 0 Å². The summed E-state index contributed by atoms with van der Waals surface area (Å²) in [6.07, 6.45) is -2.28. The number of methoxy groups -OCH3 is 1. The minimum Gasteiger partial charge on any atom is -0.489 e. The molecule has 9 heteroatoms. The van der Waals surface area contributed by atoms with Crippen molar-refractivity contribution in [3.63, 3.8) is 0 Å². The number of hydrogen-bond acceptors (Lipinski definition) is 7. The summed E-state index contributed by atoms with van der Waals surface area (Å²) in [7, 11) is 1.30. The van der Waals surface area contributed by atoms with E-state index in [2.05, 4.69) is 0 Å². The predicted octanol–water partition coefficient (Wildman–Crippen LogP) is 1.24. The van der Waals surface area contributed by atoms with Gasteiger partial charge >= 0.3 is 12.2 Å². The first-order valence-electron chi connectivity index (χ1n) is 7.70. The summed E-state index contributed by atoms with van der Waals surface area (Å²) in [6.45, 7) is 3.50. The van der Waals surface area contributed by atoms with E-state index in [1.807, 2.05) is 0 Å². The van der Waals surface area contributed by atoms with Gasteiger partial charge in [-0.05, 0) is 26.0 Å². The van der Waals surface area contributed by atoms with E-state index in [4.69, 9.17) is 19.9 Å². The van der Waals surface area contributed by atoms with Gasteiger partial charge in [-0.2, -0.15) is 0 Å². The topological polar surface area (TPSA) is 111 Å². The van der Waals surface area contributed by atoms with E-state index in [0.717, 1.165) is 0 Å². The Balaban J connectivity index is 1.99. The Hall–Kier alpha value is -2.81. The number of carbonyl (C=O) groups is 3. The third-order valence-electron chi connectivity index (χ3n) is 4.24. The Morgan fingerprint density at radius 2 is 2.12 bits per heavy atom. The number of Topliss-reactive ketones (excluding diaryl/α,β-unsaturated/α-hetero) is 1. The molecule has 3 rings (SSSR count). The van der Waals surface area contributed by atoms with E-state index < -0.39 is 24.0 Å². The molecule has 0 radical (unpaired) electrons. The Morgan fingerprint density at radius 3 is 2.72 bits per heavy atom. The summed E-state index contributed by atoms with van der Waals surface area (Å²) in [6, 6.07) is 4.82. The molecule has 2 aliphatic rings. The average Bonchev–Trinajstić information content (AvgIpc) is 2.82. The molecule has 2 N–H and O–H groups in total. The fourth-order valence-corrected chi connectivity index (χ4v) is 3.11. The number of nitrogens with zero attached hydrogens (tertiary/aromatic N) is 2. The summed E-state index contributed by atoms with van der Waals surface area (Å²) in [5.74, 6) is 0.0657. The number of anilines is 2. The van der Waals surface area contributed by atoms with E-state index in [9.17, 15) is 14.4 Å². The first-order valence-corrected chi connectivity index (χ1v) is 7.70. The fourth-order valence-electron chi connectivity index (χ4n) is 3.11. The van der Waals surface area contributed by atoms with Crippen LogP contribution in [0.2, 0.25) is 0 Å². The second-order valence-electron chi connectivity index (χ2n) is 6.06. The molecule has 2 amide bonds. The van der Waals surface area contributed by atoms with Gasteiger partial charge in [-0.15, -0.1) is 0 Å². The molecule has 0 bridgehead atoms. The molecule has 2 heterocycles. The first-order chi connectivity index (χ1) is 11.8. The van der Waals surface area contributed by atoms with E-state index in [1.165, 1.54) is 23.8 Å². The lowest BCUT2D eigenvalue weighted by atomic mass is 10.0. The molecule has 2 aliphatic heterocycles. The zero-order valence-electron chi connectivity index (χ0n) is 14.1. The molecular formula is C16H19N3O6. The molecule has 1 fully saturated rings. The Labute approximate surface area is 144 Å². The summed E-state index contributed by atoms with van der Waals surface area (Å²) >= 11 is 0. The second kappa shape index (κ2) is 5.92. The molecule has 0 spiro atoms. The zero-order chi connectivity index (χ0) is 18.4. The molecule has 0 unspecified atom stereocenters. The van der Waals surface area contributed by atoms with Crippen LogP contribution in [0.15, 0.2) is 18.2 Å². The van der Waals surface area contributed by atoms with E-state index in [0.29, 0.717) is 23.7 Å². The summed E-state index contributed by atoms with van der Waals surface area (Å²) in [5, 5.41) is 0. The van der Waals surface area contributed by atoms with Crippen molar-refractivity contribution in [1.82, 2.24) is 0 Å². The van der Waals surface area contributed by atoms with Gasteiger partial charge in [-0.3, -0.25) is 14.6 Å². The van der Waals surface area contributed by atoms with Gasteiger partial charge in [0.05, 0.1) is 25.0 Å². The molecule has 1 aromatic carbocycles.